The number of aryl methyl sites for hydroxylation is 2. The van der Waals surface area contributed by atoms with Gasteiger partial charge >= 0.3 is 0 Å². The van der Waals surface area contributed by atoms with Gasteiger partial charge in [-0.15, -0.1) is 0 Å². The van der Waals surface area contributed by atoms with E-state index in [2.05, 4.69) is 42.1 Å². The summed E-state index contributed by atoms with van der Waals surface area (Å²) in [5.74, 6) is 0. The van der Waals surface area contributed by atoms with Crippen LogP contribution in [0, 0.1) is 6.92 Å². The first-order valence-corrected chi connectivity index (χ1v) is 9.01. The normalized spacial score (nSPS) is 11.2. The number of rotatable bonds is 13. The second-order valence-electron chi connectivity index (χ2n) is 6.15. The lowest BCUT2D eigenvalue weighted by Crippen LogP contribution is -2.13. The number of hydrogen-bond donors (Lipinski definition) is 1. The van der Waals surface area contributed by atoms with Crippen molar-refractivity contribution in [3.8, 4) is 0 Å². The van der Waals surface area contributed by atoms with E-state index < -0.39 is 0 Å². The number of hydrogen-bond acceptors (Lipinski definition) is 2. The molecule has 1 aromatic heterocycles. The Hall–Kier alpha value is -0.830. The Morgan fingerprint density at radius 3 is 2.29 bits per heavy atom. The van der Waals surface area contributed by atoms with Gasteiger partial charge in [0.2, 0.25) is 0 Å². The minimum absolute atomic E-state index is 0.955. The van der Waals surface area contributed by atoms with Gasteiger partial charge in [-0.25, -0.2) is 0 Å². The number of nitrogens with one attached hydrogen (secondary N) is 1. The summed E-state index contributed by atoms with van der Waals surface area (Å²) in [6.45, 7) is 9.71. The molecule has 0 aliphatic rings. The number of aromatic nitrogens is 2. The van der Waals surface area contributed by atoms with Crippen LogP contribution in [0.25, 0.3) is 0 Å². The fourth-order valence-electron chi connectivity index (χ4n) is 2.65. The zero-order chi connectivity index (χ0) is 15.3. The average molecular weight is 293 g/mol. The first kappa shape index (κ1) is 18.2. The van der Waals surface area contributed by atoms with Crippen LogP contribution in [0.2, 0.25) is 0 Å². The van der Waals surface area contributed by atoms with Crippen molar-refractivity contribution in [1.29, 1.82) is 0 Å². The largest absolute Gasteiger partial charge is 0.313 e. The third-order valence-corrected chi connectivity index (χ3v) is 4.03. The SMILES string of the molecule is CCCCCCCCCCn1cc(CNCCC)c(C)n1. The van der Waals surface area contributed by atoms with Crippen LogP contribution in [0.4, 0.5) is 0 Å². The lowest BCUT2D eigenvalue weighted by molar-refractivity contribution is 0.518. The van der Waals surface area contributed by atoms with Gasteiger partial charge in [-0.2, -0.15) is 5.10 Å². The van der Waals surface area contributed by atoms with E-state index in [0.717, 1.165) is 19.6 Å². The summed E-state index contributed by atoms with van der Waals surface area (Å²) in [7, 11) is 0. The van der Waals surface area contributed by atoms with Crippen molar-refractivity contribution >= 4 is 0 Å². The Balaban J connectivity index is 2.10. The van der Waals surface area contributed by atoms with Crippen LogP contribution < -0.4 is 5.32 Å². The van der Waals surface area contributed by atoms with E-state index in [1.807, 2.05) is 0 Å². The molecule has 0 aliphatic heterocycles. The number of unbranched alkanes of at least 4 members (excludes halogenated alkanes) is 7. The molecule has 0 aromatic carbocycles. The van der Waals surface area contributed by atoms with Crippen molar-refractivity contribution in [2.24, 2.45) is 0 Å². The highest BCUT2D eigenvalue weighted by Crippen LogP contribution is 2.10. The quantitative estimate of drug-likeness (QED) is 0.528. The van der Waals surface area contributed by atoms with E-state index in [0.29, 0.717) is 0 Å². The van der Waals surface area contributed by atoms with Crippen LogP contribution in [0.1, 0.15) is 82.9 Å². The molecule has 0 spiro atoms. The third kappa shape index (κ3) is 8.25. The van der Waals surface area contributed by atoms with Crippen LogP contribution >= 0.6 is 0 Å². The monoisotopic (exact) mass is 293 g/mol. The Labute approximate surface area is 131 Å². The first-order chi connectivity index (χ1) is 10.3. The predicted molar refractivity (Wildman–Crippen MR) is 91.6 cm³/mol. The summed E-state index contributed by atoms with van der Waals surface area (Å²) < 4.78 is 2.13. The lowest BCUT2D eigenvalue weighted by atomic mass is 10.1. The third-order valence-electron chi connectivity index (χ3n) is 4.03. The molecule has 3 heteroatoms. The second-order valence-corrected chi connectivity index (χ2v) is 6.15. The van der Waals surface area contributed by atoms with Gasteiger partial charge in [0, 0.05) is 24.8 Å². The zero-order valence-electron chi connectivity index (χ0n) is 14.5. The predicted octanol–water partition coefficient (Wildman–Crippen LogP) is 4.83. The van der Waals surface area contributed by atoms with Crippen molar-refractivity contribution in [3.05, 3.63) is 17.5 Å². The fraction of sp³-hybridized carbons (Fsp3) is 0.833. The molecular weight excluding hydrogens is 258 g/mol. The second kappa shape index (κ2) is 11.8. The highest BCUT2D eigenvalue weighted by molar-refractivity contribution is 5.14. The molecule has 0 fully saturated rings. The van der Waals surface area contributed by atoms with Crippen LogP contribution in [0.15, 0.2) is 6.20 Å². The van der Waals surface area contributed by atoms with Crippen LogP contribution in [0.3, 0.4) is 0 Å². The molecule has 0 atom stereocenters. The molecule has 1 heterocycles. The van der Waals surface area contributed by atoms with Gasteiger partial charge < -0.3 is 5.32 Å². The number of nitrogens with zero attached hydrogens (tertiary/aromatic N) is 2. The van der Waals surface area contributed by atoms with Crippen LogP contribution in [-0.2, 0) is 13.1 Å². The Kier molecular flexibility index (Phi) is 10.2. The summed E-state index contributed by atoms with van der Waals surface area (Å²) in [6.07, 6.45) is 14.4. The molecule has 0 unspecified atom stereocenters. The van der Waals surface area contributed by atoms with Gasteiger partial charge in [-0.3, -0.25) is 4.68 Å². The molecule has 0 aliphatic carbocycles. The molecule has 0 saturated heterocycles. The van der Waals surface area contributed by atoms with Gasteiger partial charge in [-0.05, 0) is 26.3 Å². The zero-order valence-corrected chi connectivity index (χ0v) is 14.5. The Morgan fingerprint density at radius 1 is 0.952 bits per heavy atom. The van der Waals surface area contributed by atoms with E-state index in [4.69, 9.17) is 0 Å². The molecule has 3 nitrogen and oxygen atoms in total. The summed E-state index contributed by atoms with van der Waals surface area (Å²) in [6, 6.07) is 0. The highest BCUT2D eigenvalue weighted by Gasteiger charge is 2.04. The Morgan fingerprint density at radius 2 is 1.62 bits per heavy atom. The van der Waals surface area contributed by atoms with Gasteiger partial charge in [-0.1, -0.05) is 58.8 Å². The van der Waals surface area contributed by atoms with Crippen molar-refractivity contribution in [1.82, 2.24) is 15.1 Å². The van der Waals surface area contributed by atoms with Crippen molar-refractivity contribution in [3.63, 3.8) is 0 Å². The van der Waals surface area contributed by atoms with Crippen molar-refractivity contribution in [2.75, 3.05) is 6.54 Å². The van der Waals surface area contributed by atoms with Gasteiger partial charge in [0.15, 0.2) is 0 Å². The molecule has 0 bridgehead atoms. The average Bonchev–Trinajstić information content (AvgIpc) is 2.82. The molecule has 1 N–H and O–H groups in total. The summed E-state index contributed by atoms with van der Waals surface area (Å²) in [5, 5.41) is 8.08. The maximum Gasteiger partial charge on any atom is 0.0638 e. The first-order valence-electron chi connectivity index (χ1n) is 9.01. The molecule has 21 heavy (non-hydrogen) atoms. The summed E-state index contributed by atoms with van der Waals surface area (Å²) in [4.78, 5) is 0. The van der Waals surface area contributed by atoms with E-state index >= 15 is 0 Å². The minimum atomic E-state index is 0.955. The smallest absolute Gasteiger partial charge is 0.0638 e. The molecule has 0 amide bonds. The maximum absolute atomic E-state index is 4.62. The topological polar surface area (TPSA) is 29.9 Å². The molecule has 0 radical (unpaired) electrons. The fourth-order valence-corrected chi connectivity index (χ4v) is 2.65. The van der Waals surface area contributed by atoms with E-state index in [9.17, 15) is 0 Å². The molecule has 122 valence electrons. The molecule has 1 aromatic rings. The van der Waals surface area contributed by atoms with Gasteiger partial charge in [0.1, 0.15) is 0 Å². The lowest BCUT2D eigenvalue weighted by Gasteiger charge is -2.02. The maximum atomic E-state index is 4.62. The summed E-state index contributed by atoms with van der Waals surface area (Å²) >= 11 is 0. The van der Waals surface area contributed by atoms with Gasteiger partial charge in [0.25, 0.3) is 0 Å². The van der Waals surface area contributed by atoms with Gasteiger partial charge in [0.05, 0.1) is 5.69 Å². The molecule has 1 rings (SSSR count). The van der Waals surface area contributed by atoms with Crippen molar-refractivity contribution in [2.45, 2.75) is 91.6 Å². The minimum Gasteiger partial charge on any atom is -0.313 e. The van der Waals surface area contributed by atoms with E-state index in [-0.39, 0.29) is 0 Å². The van der Waals surface area contributed by atoms with E-state index in [1.165, 1.54) is 69.0 Å². The highest BCUT2D eigenvalue weighted by atomic mass is 15.3. The van der Waals surface area contributed by atoms with E-state index in [1.54, 1.807) is 0 Å². The Bertz CT molecular complexity index is 357. The standard InChI is InChI=1S/C18H35N3/c1-4-6-7-8-9-10-11-12-14-21-16-18(17(3)20-21)15-19-13-5-2/h16,19H,4-15H2,1-3H3. The molecular formula is C18H35N3. The summed E-state index contributed by atoms with van der Waals surface area (Å²) in [5.41, 5.74) is 2.53. The van der Waals surface area contributed by atoms with Crippen molar-refractivity contribution < 1.29 is 0 Å². The molecule has 0 saturated carbocycles. The van der Waals surface area contributed by atoms with Crippen LogP contribution in [-0.4, -0.2) is 16.3 Å². The van der Waals surface area contributed by atoms with Crippen LogP contribution in [0.5, 0.6) is 0 Å².